The summed E-state index contributed by atoms with van der Waals surface area (Å²) in [5, 5.41) is 1.20. The third kappa shape index (κ3) is 3.59. The van der Waals surface area contributed by atoms with Crippen molar-refractivity contribution in [2.45, 2.75) is 18.7 Å². The molecule has 1 rings (SSSR count). The number of halogens is 2. The quantitative estimate of drug-likeness (QED) is 0.715. The zero-order valence-corrected chi connectivity index (χ0v) is 11.8. The maximum absolute atomic E-state index is 6.04. The lowest BCUT2D eigenvalue weighted by Gasteiger charge is -2.08. The Morgan fingerprint density at radius 2 is 1.73 bits per heavy atom. The van der Waals surface area contributed by atoms with Crippen molar-refractivity contribution in [3.8, 4) is 0 Å². The standard InChI is InChI=1S/C10H11Cl2NS2/c1-6(2)10(14-3)15-9-7(11)4-13-5-8(9)12/h4-5H,1-3H3. The summed E-state index contributed by atoms with van der Waals surface area (Å²) in [6.45, 7) is 4.14. The second kappa shape index (κ2) is 6.04. The van der Waals surface area contributed by atoms with E-state index < -0.39 is 0 Å². The van der Waals surface area contributed by atoms with E-state index >= 15 is 0 Å². The smallest absolute Gasteiger partial charge is 0.0744 e. The van der Waals surface area contributed by atoms with Crippen LogP contribution in [-0.4, -0.2) is 11.2 Å². The first-order chi connectivity index (χ1) is 7.06. The van der Waals surface area contributed by atoms with Crippen molar-refractivity contribution in [2.75, 3.05) is 6.26 Å². The maximum atomic E-state index is 6.04. The SMILES string of the molecule is CSC(Sc1c(Cl)cncc1Cl)=C(C)C. The van der Waals surface area contributed by atoms with Crippen LogP contribution in [0.5, 0.6) is 0 Å². The van der Waals surface area contributed by atoms with Crippen molar-refractivity contribution in [1.82, 2.24) is 4.98 Å². The molecule has 0 aliphatic heterocycles. The van der Waals surface area contributed by atoms with Gasteiger partial charge in [-0.1, -0.05) is 40.5 Å². The van der Waals surface area contributed by atoms with E-state index in [1.165, 1.54) is 9.81 Å². The molecule has 0 unspecified atom stereocenters. The number of hydrogen-bond donors (Lipinski definition) is 0. The van der Waals surface area contributed by atoms with Crippen LogP contribution in [0, 0.1) is 0 Å². The number of rotatable bonds is 3. The van der Waals surface area contributed by atoms with Crippen LogP contribution in [-0.2, 0) is 0 Å². The highest BCUT2D eigenvalue weighted by Crippen LogP contribution is 2.42. The zero-order chi connectivity index (χ0) is 11.4. The van der Waals surface area contributed by atoms with Gasteiger partial charge in [0.05, 0.1) is 14.9 Å². The van der Waals surface area contributed by atoms with Crippen molar-refractivity contribution in [2.24, 2.45) is 0 Å². The molecule has 0 radical (unpaired) electrons. The predicted molar refractivity (Wildman–Crippen MR) is 72.0 cm³/mol. The number of aromatic nitrogens is 1. The van der Waals surface area contributed by atoms with Gasteiger partial charge in [0.25, 0.3) is 0 Å². The van der Waals surface area contributed by atoms with Crippen molar-refractivity contribution in [3.05, 3.63) is 32.2 Å². The monoisotopic (exact) mass is 279 g/mol. The first-order valence-electron chi connectivity index (χ1n) is 4.24. The molecule has 1 nitrogen and oxygen atoms in total. The number of nitrogens with zero attached hydrogens (tertiary/aromatic N) is 1. The summed E-state index contributed by atoms with van der Waals surface area (Å²) in [5.74, 6) is 0. The average molecular weight is 280 g/mol. The van der Waals surface area contributed by atoms with Crippen molar-refractivity contribution >= 4 is 46.7 Å². The minimum absolute atomic E-state index is 0.598. The topological polar surface area (TPSA) is 12.9 Å². The summed E-state index contributed by atoms with van der Waals surface area (Å²) >= 11 is 15.4. The normalized spacial score (nSPS) is 10.2. The first kappa shape index (κ1) is 13.2. The first-order valence-corrected chi connectivity index (χ1v) is 7.04. The fourth-order valence-electron chi connectivity index (χ4n) is 0.938. The highest BCUT2D eigenvalue weighted by Gasteiger charge is 2.10. The van der Waals surface area contributed by atoms with Crippen molar-refractivity contribution < 1.29 is 0 Å². The molecule has 5 heteroatoms. The lowest BCUT2D eigenvalue weighted by atomic mass is 10.4. The summed E-state index contributed by atoms with van der Waals surface area (Å²) in [6.07, 6.45) is 5.26. The molecule has 1 aromatic rings. The Morgan fingerprint density at radius 1 is 1.20 bits per heavy atom. The third-order valence-corrected chi connectivity index (χ3v) is 5.16. The molecule has 1 aromatic heterocycles. The second-order valence-corrected chi connectivity index (χ2v) is 5.94. The van der Waals surface area contributed by atoms with Crippen molar-refractivity contribution in [3.63, 3.8) is 0 Å². The number of thioether (sulfide) groups is 2. The maximum Gasteiger partial charge on any atom is 0.0744 e. The molecule has 0 N–H and O–H groups in total. The van der Waals surface area contributed by atoms with Crippen LogP contribution in [0.4, 0.5) is 0 Å². The Kier molecular flexibility index (Phi) is 5.33. The van der Waals surface area contributed by atoms with E-state index in [0.717, 1.165) is 4.90 Å². The third-order valence-electron chi connectivity index (χ3n) is 1.60. The summed E-state index contributed by atoms with van der Waals surface area (Å²) in [6, 6.07) is 0. The fourth-order valence-corrected chi connectivity index (χ4v) is 3.22. The second-order valence-electron chi connectivity index (χ2n) is 3.03. The molecule has 15 heavy (non-hydrogen) atoms. The molecule has 0 fully saturated rings. The summed E-state index contributed by atoms with van der Waals surface area (Å²) in [5.41, 5.74) is 1.26. The minimum atomic E-state index is 0.598. The molecular weight excluding hydrogens is 269 g/mol. The van der Waals surface area contributed by atoms with Crippen LogP contribution in [0.2, 0.25) is 10.0 Å². The van der Waals surface area contributed by atoms with E-state index in [9.17, 15) is 0 Å². The summed E-state index contributed by atoms with van der Waals surface area (Å²) in [7, 11) is 0. The fraction of sp³-hybridized carbons (Fsp3) is 0.300. The molecule has 0 saturated carbocycles. The van der Waals surface area contributed by atoms with Gasteiger partial charge in [0, 0.05) is 16.6 Å². The Balaban J connectivity index is 3.04. The van der Waals surface area contributed by atoms with Gasteiger partial charge >= 0.3 is 0 Å². The molecular formula is C10H11Cl2NS2. The Labute approximate surface area is 109 Å². The Hall–Kier alpha value is 0.170. The summed E-state index contributed by atoms with van der Waals surface area (Å²) < 4.78 is 1.21. The lowest BCUT2D eigenvalue weighted by Crippen LogP contribution is -1.82. The number of hydrogen-bond acceptors (Lipinski definition) is 3. The zero-order valence-electron chi connectivity index (χ0n) is 8.67. The molecule has 1 heterocycles. The van der Waals surface area contributed by atoms with E-state index in [2.05, 4.69) is 18.8 Å². The van der Waals surface area contributed by atoms with E-state index in [-0.39, 0.29) is 0 Å². The molecule has 0 atom stereocenters. The van der Waals surface area contributed by atoms with Crippen LogP contribution in [0.1, 0.15) is 13.8 Å². The van der Waals surface area contributed by atoms with Gasteiger partial charge in [-0.05, 0) is 20.1 Å². The van der Waals surface area contributed by atoms with Gasteiger partial charge in [-0.15, -0.1) is 11.8 Å². The largest absolute Gasteiger partial charge is 0.262 e. The van der Waals surface area contributed by atoms with Gasteiger partial charge in [0.1, 0.15) is 0 Å². The molecule has 82 valence electrons. The molecule has 0 bridgehead atoms. The van der Waals surface area contributed by atoms with Gasteiger partial charge in [0.15, 0.2) is 0 Å². The van der Waals surface area contributed by atoms with E-state index in [1.807, 2.05) is 6.26 Å². The van der Waals surface area contributed by atoms with Gasteiger partial charge in [-0.25, -0.2) is 0 Å². The molecule has 0 amide bonds. The van der Waals surface area contributed by atoms with Crippen LogP contribution >= 0.6 is 46.7 Å². The van der Waals surface area contributed by atoms with Gasteiger partial charge < -0.3 is 0 Å². The van der Waals surface area contributed by atoms with Gasteiger partial charge in [0.2, 0.25) is 0 Å². The van der Waals surface area contributed by atoms with Crippen LogP contribution in [0.3, 0.4) is 0 Å². The molecule has 0 aromatic carbocycles. The van der Waals surface area contributed by atoms with E-state index in [1.54, 1.807) is 35.9 Å². The molecule has 0 aliphatic rings. The lowest BCUT2D eigenvalue weighted by molar-refractivity contribution is 1.26. The molecule has 0 spiro atoms. The highest BCUT2D eigenvalue weighted by atomic mass is 35.5. The van der Waals surface area contributed by atoms with E-state index in [4.69, 9.17) is 23.2 Å². The minimum Gasteiger partial charge on any atom is -0.262 e. The number of pyridine rings is 1. The Morgan fingerprint density at radius 3 is 2.13 bits per heavy atom. The van der Waals surface area contributed by atoms with Crippen LogP contribution < -0.4 is 0 Å². The van der Waals surface area contributed by atoms with E-state index in [0.29, 0.717) is 10.0 Å². The highest BCUT2D eigenvalue weighted by molar-refractivity contribution is 8.22. The average Bonchev–Trinajstić information content (AvgIpc) is 2.17. The van der Waals surface area contributed by atoms with Crippen LogP contribution in [0.25, 0.3) is 0 Å². The molecule has 0 aliphatic carbocycles. The van der Waals surface area contributed by atoms with Gasteiger partial charge in [-0.2, -0.15) is 0 Å². The predicted octanol–water partition coefficient (Wildman–Crippen LogP) is 5.09. The van der Waals surface area contributed by atoms with Crippen LogP contribution in [0.15, 0.2) is 27.1 Å². The van der Waals surface area contributed by atoms with Gasteiger partial charge in [-0.3, -0.25) is 4.98 Å². The Bertz CT molecular complexity index is 367. The number of allylic oxidation sites excluding steroid dienone is 1. The summed E-state index contributed by atoms with van der Waals surface area (Å²) in [4.78, 5) is 4.80. The molecule has 0 saturated heterocycles. The van der Waals surface area contributed by atoms with Crippen molar-refractivity contribution in [1.29, 1.82) is 0 Å².